The van der Waals surface area contributed by atoms with E-state index in [4.69, 9.17) is 4.52 Å². The summed E-state index contributed by atoms with van der Waals surface area (Å²) in [6, 6.07) is 13.2. The molecule has 0 fully saturated rings. The quantitative estimate of drug-likeness (QED) is 0.542. The third-order valence-electron chi connectivity index (χ3n) is 4.58. The fourth-order valence-corrected chi connectivity index (χ4v) is 3.99. The van der Waals surface area contributed by atoms with Crippen LogP contribution >= 0.6 is 0 Å². The Bertz CT molecular complexity index is 1160. The van der Waals surface area contributed by atoms with E-state index in [9.17, 15) is 17.6 Å². The highest BCUT2D eigenvalue weighted by atomic mass is 32.2. The second-order valence-corrected chi connectivity index (χ2v) is 8.90. The van der Waals surface area contributed by atoms with Crippen molar-refractivity contribution in [1.82, 2.24) is 15.5 Å². The molecule has 0 aliphatic rings. The van der Waals surface area contributed by atoms with E-state index < -0.39 is 15.8 Å². The molecule has 1 aromatic heterocycles. The summed E-state index contributed by atoms with van der Waals surface area (Å²) in [5, 5.41) is 6.60. The number of aryl methyl sites for hydroxylation is 1. The van der Waals surface area contributed by atoms with Gasteiger partial charge in [-0.3, -0.25) is 9.10 Å². The van der Waals surface area contributed by atoms with E-state index in [-0.39, 0.29) is 43.4 Å². The van der Waals surface area contributed by atoms with Crippen LogP contribution in [0.3, 0.4) is 0 Å². The van der Waals surface area contributed by atoms with E-state index in [1.54, 1.807) is 6.07 Å². The normalized spacial score (nSPS) is 11.3. The van der Waals surface area contributed by atoms with Crippen LogP contribution in [0.5, 0.6) is 0 Å². The lowest BCUT2D eigenvalue weighted by molar-refractivity contribution is -0.121. The Morgan fingerprint density at radius 2 is 1.87 bits per heavy atom. The summed E-state index contributed by atoms with van der Waals surface area (Å²) in [6.07, 6.45) is 1.27. The Morgan fingerprint density at radius 1 is 1.16 bits per heavy atom. The number of carbonyl (C=O) groups is 1. The monoisotopic (exact) mass is 446 g/mol. The SMILES string of the molecule is Cc1ccccc1-c1noc(CNC(=O)CCCN(c2ccccc2F)S(C)(=O)=O)n1. The van der Waals surface area contributed by atoms with Crippen LogP contribution in [0.4, 0.5) is 10.1 Å². The molecule has 0 bridgehead atoms. The topological polar surface area (TPSA) is 105 Å². The molecule has 3 aromatic rings. The van der Waals surface area contributed by atoms with Gasteiger partial charge < -0.3 is 9.84 Å². The van der Waals surface area contributed by atoms with Gasteiger partial charge in [-0.15, -0.1) is 0 Å². The Kier molecular flexibility index (Phi) is 7.01. The highest BCUT2D eigenvalue weighted by Crippen LogP contribution is 2.22. The highest BCUT2D eigenvalue weighted by molar-refractivity contribution is 7.92. The first-order chi connectivity index (χ1) is 14.8. The number of hydrogen-bond donors (Lipinski definition) is 1. The number of para-hydroxylation sites is 1. The molecule has 1 N–H and O–H groups in total. The van der Waals surface area contributed by atoms with Gasteiger partial charge in [0.1, 0.15) is 5.82 Å². The molecule has 0 aliphatic carbocycles. The van der Waals surface area contributed by atoms with Crippen molar-refractivity contribution < 1.29 is 22.1 Å². The largest absolute Gasteiger partial charge is 0.347 e. The van der Waals surface area contributed by atoms with Crippen LogP contribution in [0.2, 0.25) is 0 Å². The lowest BCUT2D eigenvalue weighted by Crippen LogP contribution is -2.32. The second-order valence-electron chi connectivity index (χ2n) is 6.99. The highest BCUT2D eigenvalue weighted by Gasteiger charge is 2.20. The number of benzene rings is 2. The lowest BCUT2D eigenvalue weighted by Gasteiger charge is -2.22. The Balaban J connectivity index is 1.52. The molecular weight excluding hydrogens is 423 g/mol. The first kappa shape index (κ1) is 22.4. The summed E-state index contributed by atoms with van der Waals surface area (Å²) in [7, 11) is -3.69. The van der Waals surface area contributed by atoms with Gasteiger partial charge in [0.25, 0.3) is 0 Å². The summed E-state index contributed by atoms with van der Waals surface area (Å²) in [4.78, 5) is 16.4. The minimum atomic E-state index is -3.69. The molecule has 31 heavy (non-hydrogen) atoms. The van der Waals surface area contributed by atoms with Crippen molar-refractivity contribution in [1.29, 1.82) is 0 Å². The molecular formula is C21H23FN4O4S. The summed E-state index contributed by atoms with van der Waals surface area (Å²) in [5.41, 5.74) is 1.81. The third kappa shape index (κ3) is 5.88. The minimum Gasteiger partial charge on any atom is -0.347 e. The standard InChI is InChI=1S/C21H23FN4O4S/c1-15-8-3-4-9-16(15)21-24-20(30-25-21)14-23-19(27)12-7-13-26(31(2,28)29)18-11-6-5-10-17(18)22/h3-6,8-11H,7,12-14H2,1-2H3,(H,23,27). The molecule has 8 nitrogen and oxygen atoms in total. The maximum absolute atomic E-state index is 14.0. The van der Waals surface area contributed by atoms with Crippen molar-refractivity contribution in [3.05, 3.63) is 65.8 Å². The number of nitrogens with one attached hydrogen (secondary N) is 1. The number of halogens is 1. The Morgan fingerprint density at radius 3 is 2.58 bits per heavy atom. The average molecular weight is 447 g/mol. The molecule has 0 saturated heterocycles. The van der Waals surface area contributed by atoms with Crippen LogP contribution in [0.15, 0.2) is 53.1 Å². The van der Waals surface area contributed by atoms with E-state index in [0.717, 1.165) is 21.7 Å². The number of carbonyl (C=O) groups excluding carboxylic acids is 1. The predicted molar refractivity (Wildman–Crippen MR) is 114 cm³/mol. The average Bonchev–Trinajstić information content (AvgIpc) is 3.19. The third-order valence-corrected chi connectivity index (χ3v) is 5.76. The number of aromatic nitrogens is 2. The van der Waals surface area contributed by atoms with Crippen molar-refractivity contribution >= 4 is 21.6 Å². The molecule has 0 aliphatic heterocycles. The van der Waals surface area contributed by atoms with Crippen LogP contribution in [0.25, 0.3) is 11.4 Å². The first-order valence-corrected chi connectivity index (χ1v) is 11.5. The van der Waals surface area contributed by atoms with Gasteiger partial charge in [0.2, 0.25) is 27.6 Å². The summed E-state index contributed by atoms with van der Waals surface area (Å²) in [6.45, 7) is 1.97. The van der Waals surface area contributed by atoms with Gasteiger partial charge in [-0.05, 0) is 31.0 Å². The zero-order valence-electron chi connectivity index (χ0n) is 17.2. The van der Waals surface area contributed by atoms with Crippen molar-refractivity contribution in [2.75, 3.05) is 17.1 Å². The number of sulfonamides is 1. The molecule has 2 aromatic carbocycles. The van der Waals surface area contributed by atoms with Crippen molar-refractivity contribution in [3.63, 3.8) is 0 Å². The van der Waals surface area contributed by atoms with E-state index in [1.807, 2.05) is 31.2 Å². The second kappa shape index (κ2) is 9.69. The van der Waals surface area contributed by atoms with Gasteiger partial charge in [-0.25, -0.2) is 12.8 Å². The maximum atomic E-state index is 14.0. The summed E-state index contributed by atoms with van der Waals surface area (Å²) < 4.78 is 44.2. The van der Waals surface area contributed by atoms with Gasteiger partial charge in [-0.1, -0.05) is 41.6 Å². The summed E-state index contributed by atoms with van der Waals surface area (Å²) >= 11 is 0. The molecule has 10 heteroatoms. The van der Waals surface area contributed by atoms with Crippen LogP contribution in [0.1, 0.15) is 24.3 Å². The van der Waals surface area contributed by atoms with Gasteiger partial charge >= 0.3 is 0 Å². The van der Waals surface area contributed by atoms with E-state index in [0.29, 0.717) is 5.82 Å². The van der Waals surface area contributed by atoms with Gasteiger partial charge in [0.15, 0.2) is 0 Å². The van der Waals surface area contributed by atoms with Gasteiger partial charge in [-0.2, -0.15) is 4.98 Å². The molecule has 1 heterocycles. The van der Waals surface area contributed by atoms with Crippen LogP contribution in [-0.2, 0) is 21.4 Å². The first-order valence-electron chi connectivity index (χ1n) is 9.63. The fourth-order valence-electron chi connectivity index (χ4n) is 3.02. The number of rotatable bonds is 9. The fraction of sp³-hybridized carbons (Fsp3) is 0.286. The molecule has 0 saturated carbocycles. The van der Waals surface area contributed by atoms with Crippen molar-refractivity contribution in [2.45, 2.75) is 26.3 Å². The lowest BCUT2D eigenvalue weighted by atomic mass is 10.1. The molecule has 0 spiro atoms. The Hall–Kier alpha value is -3.27. The number of nitrogens with zero attached hydrogens (tertiary/aromatic N) is 3. The Labute approximate surface area is 180 Å². The predicted octanol–water partition coefficient (Wildman–Crippen LogP) is 3.05. The maximum Gasteiger partial charge on any atom is 0.246 e. The zero-order valence-corrected chi connectivity index (χ0v) is 18.0. The molecule has 1 amide bonds. The number of hydrogen-bond acceptors (Lipinski definition) is 6. The minimum absolute atomic E-state index is 0.0226. The smallest absolute Gasteiger partial charge is 0.246 e. The summed E-state index contributed by atoms with van der Waals surface area (Å²) in [5.74, 6) is -0.248. The molecule has 164 valence electrons. The van der Waals surface area contributed by atoms with Crippen LogP contribution in [-0.4, -0.2) is 37.3 Å². The number of amides is 1. The van der Waals surface area contributed by atoms with Crippen molar-refractivity contribution in [2.24, 2.45) is 0 Å². The zero-order chi connectivity index (χ0) is 22.4. The molecule has 3 rings (SSSR count). The van der Waals surface area contributed by atoms with Gasteiger partial charge in [0, 0.05) is 18.5 Å². The van der Waals surface area contributed by atoms with E-state index in [1.165, 1.54) is 18.2 Å². The van der Waals surface area contributed by atoms with Crippen LogP contribution in [0, 0.1) is 12.7 Å². The molecule has 0 atom stereocenters. The molecule has 0 radical (unpaired) electrons. The number of anilines is 1. The van der Waals surface area contributed by atoms with E-state index in [2.05, 4.69) is 15.5 Å². The van der Waals surface area contributed by atoms with Gasteiger partial charge in [0.05, 0.1) is 18.5 Å². The molecule has 0 unspecified atom stereocenters. The van der Waals surface area contributed by atoms with Crippen LogP contribution < -0.4 is 9.62 Å². The van der Waals surface area contributed by atoms with E-state index >= 15 is 0 Å². The van der Waals surface area contributed by atoms with Crippen molar-refractivity contribution in [3.8, 4) is 11.4 Å².